The zero-order valence-electron chi connectivity index (χ0n) is 22.6. The van der Waals surface area contributed by atoms with Gasteiger partial charge < -0.3 is 20.9 Å². The summed E-state index contributed by atoms with van der Waals surface area (Å²) in [5, 5.41) is 22.3. The Morgan fingerprint density at radius 1 is 0.905 bits per heavy atom. The number of fused-ring (bicyclic) bond motifs is 1. The monoisotopic (exact) mass is 564 g/mol. The molecule has 0 saturated carbocycles. The van der Waals surface area contributed by atoms with Crippen LogP contribution in [-0.2, 0) is 16.0 Å². The smallest absolute Gasteiger partial charge is 0.326 e. The third kappa shape index (κ3) is 5.63. The lowest BCUT2D eigenvalue weighted by Gasteiger charge is -2.17. The molecule has 3 aromatic rings. The number of anilines is 2. The molecule has 0 aromatic heterocycles. The SMILES string of the molecule is O=C1NC(=O)C(=Cc2ccc(NC(=C3C(=O)Nc4ccc([N+](=O)[O-])cc43)c3ccc(CCN4CCCC4)cc3)cc2)N1. The number of likely N-dealkylation sites (tertiary alicyclic amines) is 1. The first-order valence-corrected chi connectivity index (χ1v) is 13.7. The molecule has 4 amide bonds. The van der Waals surface area contributed by atoms with Crippen LogP contribution in [0, 0.1) is 10.1 Å². The Bertz CT molecular complexity index is 1650. The van der Waals surface area contributed by atoms with Gasteiger partial charge in [-0.25, -0.2) is 4.79 Å². The summed E-state index contributed by atoms with van der Waals surface area (Å²) in [4.78, 5) is 50.1. The molecule has 0 unspecified atom stereocenters. The van der Waals surface area contributed by atoms with Crippen LogP contribution in [0.4, 0.5) is 21.9 Å². The van der Waals surface area contributed by atoms with Crippen LogP contribution in [0.15, 0.2) is 72.4 Å². The van der Waals surface area contributed by atoms with Gasteiger partial charge >= 0.3 is 6.03 Å². The summed E-state index contributed by atoms with van der Waals surface area (Å²) in [5.74, 6) is -0.867. The maximum absolute atomic E-state index is 13.3. The van der Waals surface area contributed by atoms with E-state index in [0.717, 1.165) is 31.6 Å². The zero-order valence-corrected chi connectivity index (χ0v) is 22.6. The predicted octanol–water partition coefficient (Wildman–Crippen LogP) is 4.35. The van der Waals surface area contributed by atoms with Crippen molar-refractivity contribution < 1.29 is 19.3 Å². The molecule has 0 radical (unpaired) electrons. The van der Waals surface area contributed by atoms with Crippen molar-refractivity contribution in [2.75, 3.05) is 30.3 Å². The zero-order chi connectivity index (χ0) is 29.2. The summed E-state index contributed by atoms with van der Waals surface area (Å²) in [6.07, 6.45) is 4.97. The fourth-order valence-corrected chi connectivity index (χ4v) is 5.38. The van der Waals surface area contributed by atoms with Crippen molar-refractivity contribution in [3.8, 4) is 0 Å². The van der Waals surface area contributed by atoms with Crippen molar-refractivity contribution in [1.82, 2.24) is 15.5 Å². The molecular formula is C31H28N6O5. The normalized spacial score (nSPS) is 18.5. The van der Waals surface area contributed by atoms with Gasteiger partial charge in [-0.05, 0) is 73.3 Å². The number of amides is 4. The van der Waals surface area contributed by atoms with Gasteiger partial charge in [-0.2, -0.15) is 0 Å². The summed E-state index contributed by atoms with van der Waals surface area (Å²) >= 11 is 0. The van der Waals surface area contributed by atoms with E-state index in [1.54, 1.807) is 30.3 Å². The second-order valence-corrected chi connectivity index (χ2v) is 10.4. The number of nitro benzene ring substituents is 1. The third-order valence-corrected chi connectivity index (χ3v) is 7.58. The number of rotatable bonds is 8. The van der Waals surface area contributed by atoms with Gasteiger partial charge in [0.05, 0.1) is 16.2 Å². The maximum atomic E-state index is 13.3. The Morgan fingerprint density at radius 2 is 1.64 bits per heavy atom. The Hall–Kier alpha value is -5.29. The summed E-state index contributed by atoms with van der Waals surface area (Å²) in [5.41, 5.74) is 5.06. The van der Waals surface area contributed by atoms with Crippen LogP contribution in [0.25, 0.3) is 17.3 Å². The first-order chi connectivity index (χ1) is 20.3. The highest BCUT2D eigenvalue weighted by Crippen LogP contribution is 2.39. The van der Waals surface area contributed by atoms with E-state index in [9.17, 15) is 24.5 Å². The summed E-state index contributed by atoms with van der Waals surface area (Å²) in [7, 11) is 0. The van der Waals surface area contributed by atoms with E-state index in [1.165, 1.54) is 36.6 Å². The molecule has 3 heterocycles. The molecule has 3 aliphatic rings. The average Bonchev–Trinajstić information content (AvgIpc) is 3.70. The molecule has 0 atom stereocenters. The van der Waals surface area contributed by atoms with Crippen molar-refractivity contribution in [3.63, 3.8) is 0 Å². The second kappa shape index (κ2) is 11.3. The minimum Gasteiger partial charge on any atom is -0.354 e. The Kier molecular flexibility index (Phi) is 7.24. The van der Waals surface area contributed by atoms with Crippen LogP contribution >= 0.6 is 0 Å². The Morgan fingerprint density at radius 3 is 2.31 bits per heavy atom. The molecule has 3 aromatic carbocycles. The van der Waals surface area contributed by atoms with Crippen molar-refractivity contribution >= 4 is 52.3 Å². The van der Waals surface area contributed by atoms with E-state index in [-0.39, 0.29) is 17.3 Å². The molecule has 4 N–H and O–H groups in total. The van der Waals surface area contributed by atoms with Crippen LogP contribution < -0.4 is 21.3 Å². The molecule has 212 valence electrons. The molecule has 0 bridgehead atoms. The molecular weight excluding hydrogens is 536 g/mol. The number of carbonyl (C=O) groups is 3. The van der Waals surface area contributed by atoms with E-state index < -0.39 is 16.9 Å². The van der Waals surface area contributed by atoms with Gasteiger partial charge in [0.15, 0.2) is 0 Å². The van der Waals surface area contributed by atoms with E-state index in [1.807, 2.05) is 24.3 Å². The van der Waals surface area contributed by atoms with Gasteiger partial charge in [-0.1, -0.05) is 36.4 Å². The van der Waals surface area contributed by atoms with E-state index >= 15 is 0 Å². The first kappa shape index (κ1) is 26.9. The van der Waals surface area contributed by atoms with Gasteiger partial charge in [-0.15, -0.1) is 0 Å². The van der Waals surface area contributed by atoms with E-state index in [2.05, 4.69) is 26.2 Å². The largest absolute Gasteiger partial charge is 0.354 e. The topological polar surface area (TPSA) is 146 Å². The van der Waals surface area contributed by atoms with Crippen LogP contribution in [0.2, 0.25) is 0 Å². The van der Waals surface area contributed by atoms with Gasteiger partial charge in [0.2, 0.25) is 0 Å². The van der Waals surface area contributed by atoms with Crippen LogP contribution in [-0.4, -0.2) is 47.3 Å². The molecule has 3 aliphatic heterocycles. The van der Waals surface area contributed by atoms with Crippen LogP contribution in [0.1, 0.15) is 35.1 Å². The fraction of sp³-hybridized carbons (Fsp3) is 0.194. The molecule has 2 saturated heterocycles. The molecule has 0 spiro atoms. The summed E-state index contributed by atoms with van der Waals surface area (Å²) in [6.45, 7) is 3.27. The Labute approximate surface area is 241 Å². The summed E-state index contributed by atoms with van der Waals surface area (Å²) < 4.78 is 0. The molecule has 11 heteroatoms. The quantitative estimate of drug-likeness (QED) is 0.138. The number of nitro groups is 1. The van der Waals surface area contributed by atoms with Gasteiger partial charge in [0.1, 0.15) is 5.70 Å². The lowest BCUT2D eigenvalue weighted by atomic mass is 9.98. The molecule has 2 fully saturated rings. The lowest BCUT2D eigenvalue weighted by Crippen LogP contribution is -2.22. The highest BCUT2D eigenvalue weighted by molar-refractivity contribution is 6.37. The first-order valence-electron chi connectivity index (χ1n) is 13.7. The fourth-order valence-electron chi connectivity index (χ4n) is 5.38. The minimum atomic E-state index is -0.571. The highest BCUT2D eigenvalue weighted by atomic mass is 16.6. The number of hydrogen-bond acceptors (Lipinski definition) is 7. The van der Waals surface area contributed by atoms with Crippen molar-refractivity contribution in [2.45, 2.75) is 19.3 Å². The van der Waals surface area contributed by atoms with Gasteiger partial charge in [0.25, 0.3) is 17.5 Å². The van der Waals surface area contributed by atoms with Gasteiger partial charge in [-0.3, -0.25) is 25.0 Å². The van der Waals surface area contributed by atoms with Crippen molar-refractivity contribution in [2.24, 2.45) is 0 Å². The molecule has 11 nitrogen and oxygen atoms in total. The van der Waals surface area contributed by atoms with Crippen LogP contribution in [0.5, 0.6) is 0 Å². The molecule has 42 heavy (non-hydrogen) atoms. The number of imide groups is 1. The number of hydrogen-bond donors (Lipinski definition) is 4. The van der Waals surface area contributed by atoms with Crippen molar-refractivity contribution in [3.05, 3.63) is 105 Å². The van der Waals surface area contributed by atoms with E-state index in [4.69, 9.17) is 0 Å². The number of benzene rings is 3. The number of carbonyl (C=O) groups excluding carboxylic acids is 3. The number of nitrogens with one attached hydrogen (secondary N) is 4. The number of nitrogens with zero attached hydrogens (tertiary/aromatic N) is 2. The van der Waals surface area contributed by atoms with Crippen LogP contribution in [0.3, 0.4) is 0 Å². The third-order valence-electron chi connectivity index (χ3n) is 7.58. The number of urea groups is 1. The maximum Gasteiger partial charge on any atom is 0.326 e. The Balaban J connectivity index is 1.34. The molecule has 0 aliphatic carbocycles. The van der Waals surface area contributed by atoms with Gasteiger partial charge in [0, 0.05) is 35.6 Å². The minimum absolute atomic E-state index is 0.111. The van der Waals surface area contributed by atoms with Crippen molar-refractivity contribution in [1.29, 1.82) is 0 Å². The van der Waals surface area contributed by atoms with E-state index in [0.29, 0.717) is 33.8 Å². The molecule has 6 rings (SSSR count). The second-order valence-electron chi connectivity index (χ2n) is 10.4. The highest BCUT2D eigenvalue weighted by Gasteiger charge is 2.30. The number of non-ortho nitro benzene ring substituents is 1. The predicted molar refractivity (Wildman–Crippen MR) is 159 cm³/mol. The standard InChI is InChI=1S/C31H28N6O5/c38-29-26(34-31(40)35-29)17-20-5-9-22(10-6-20)32-28(21-7-3-19(4-8-21)13-16-36-14-1-2-15-36)27-24-18-23(37(41)42)11-12-25(24)33-30(27)39/h3-12,17-18,32H,1-2,13-16H2,(H,33,39)(H2,34,35,38,40). The average molecular weight is 565 g/mol. The summed E-state index contributed by atoms with van der Waals surface area (Å²) in [6, 6.07) is 18.9. The lowest BCUT2D eigenvalue weighted by molar-refractivity contribution is -0.384.